The number of ether oxygens (including phenoxy) is 2. The second-order valence-electron chi connectivity index (χ2n) is 13.5. The lowest BCUT2D eigenvalue weighted by molar-refractivity contribution is -0.138. The lowest BCUT2D eigenvalue weighted by atomic mass is 9.84. The predicted molar refractivity (Wildman–Crippen MR) is 182 cm³/mol. The summed E-state index contributed by atoms with van der Waals surface area (Å²) in [5, 5.41) is 0. The molecule has 2 aromatic carbocycles. The minimum Gasteiger partial charge on any atom is -0.497 e. The molecular weight excluding hydrogens is 600 g/mol. The molecule has 0 radical (unpaired) electrons. The van der Waals surface area contributed by atoms with E-state index in [9.17, 15) is 13.2 Å². The van der Waals surface area contributed by atoms with Crippen LogP contribution in [0.3, 0.4) is 0 Å². The molecule has 0 aliphatic carbocycles. The van der Waals surface area contributed by atoms with Gasteiger partial charge in [0.15, 0.2) is 0 Å². The SMILES string of the molecule is COc1cc(C)c(S(=O)(=O)N2CCCCC2COCC(=O)N2CCC(C(CCc3ccccc3)N3CCN(C)CC3)CC2)c(C)c1. The number of rotatable bonds is 12. The van der Waals surface area contributed by atoms with Crippen LogP contribution in [0.15, 0.2) is 47.4 Å². The van der Waals surface area contributed by atoms with Crippen molar-refractivity contribution in [3.05, 3.63) is 59.2 Å². The maximum absolute atomic E-state index is 13.9. The molecule has 0 bridgehead atoms. The normalized spacial score (nSPS) is 21.7. The number of carbonyl (C=O) groups excluding carboxylic acids is 1. The monoisotopic (exact) mass is 654 g/mol. The molecule has 9 nitrogen and oxygen atoms in total. The summed E-state index contributed by atoms with van der Waals surface area (Å²) in [5.74, 6) is 1.23. The lowest BCUT2D eigenvalue weighted by Crippen LogP contribution is -2.53. The van der Waals surface area contributed by atoms with Crippen molar-refractivity contribution in [2.45, 2.75) is 75.8 Å². The molecule has 0 N–H and O–H groups in total. The van der Waals surface area contributed by atoms with E-state index in [1.54, 1.807) is 23.5 Å². The highest BCUT2D eigenvalue weighted by atomic mass is 32.2. The molecule has 0 saturated carbocycles. The van der Waals surface area contributed by atoms with Gasteiger partial charge in [0.2, 0.25) is 15.9 Å². The van der Waals surface area contributed by atoms with Crippen LogP contribution < -0.4 is 4.74 Å². The number of aryl methyl sites for hydroxylation is 3. The number of methoxy groups -OCH3 is 1. The van der Waals surface area contributed by atoms with Gasteiger partial charge >= 0.3 is 0 Å². The molecule has 3 aliphatic rings. The number of likely N-dealkylation sites (N-methyl/N-ethyl adjacent to an activating group) is 1. The first-order valence-electron chi connectivity index (χ1n) is 17.2. The number of nitrogens with zero attached hydrogens (tertiary/aromatic N) is 4. The fourth-order valence-corrected chi connectivity index (χ4v) is 9.84. The Morgan fingerprint density at radius 2 is 1.59 bits per heavy atom. The molecule has 254 valence electrons. The van der Waals surface area contributed by atoms with Crippen LogP contribution in [-0.4, -0.2) is 119 Å². The average molecular weight is 655 g/mol. The molecule has 2 unspecified atom stereocenters. The van der Waals surface area contributed by atoms with Gasteiger partial charge in [0.25, 0.3) is 0 Å². The van der Waals surface area contributed by atoms with Crippen LogP contribution in [0.5, 0.6) is 5.75 Å². The number of piperidine rings is 2. The second-order valence-corrected chi connectivity index (χ2v) is 15.3. The molecule has 3 heterocycles. The van der Waals surface area contributed by atoms with Crippen LogP contribution >= 0.6 is 0 Å². The van der Waals surface area contributed by atoms with Crippen LogP contribution in [0.1, 0.15) is 55.2 Å². The molecule has 5 rings (SSSR count). The van der Waals surface area contributed by atoms with Gasteiger partial charge in [0, 0.05) is 57.9 Å². The first kappa shape index (κ1) is 34.8. The topological polar surface area (TPSA) is 82.6 Å². The Labute approximate surface area is 276 Å². The number of hydrogen-bond acceptors (Lipinski definition) is 7. The quantitative estimate of drug-likeness (QED) is 0.337. The van der Waals surface area contributed by atoms with E-state index in [-0.39, 0.29) is 25.2 Å². The first-order valence-corrected chi connectivity index (χ1v) is 18.6. The van der Waals surface area contributed by atoms with Gasteiger partial charge in [-0.15, -0.1) is 0 Å². The van der Waals surface area contributed by atoms with Crippen molar-refractivity contribution >= 4 is 15.9 Å². The Bertz CT molecular complexity index is 1370. The zero-order valence-electron chi connectivity index (χ0n) is 28.3. The van der Waals surface area contributed by atoms with Gasteiger partial charge in [-0.25, -0.2) is 8.42 Å². The summed E-state index contributed by atoms with van der Waals surface area (Å²) in [6, 6.07) is 14.6. The van der Waals surface area contributed by atoms with Crippen LogP contribution in [0.2, 0.25) is 0 Å². The Hall–Kier alpha value is -2.50. The zero-order chi connectivity index (χ0) is 32.7. The summed E-state index contributed by atoms with van der Waals surface area (Å²) in [6.07, 6.45) is 6.73. The minimum absolute atomic E-state index is 0.00550. The predicted octanol–water partition coefficient (Wildman–Crippen LogP) is 4.36. The highest BCUT2D eigenvalue weighted by Gasteiger charge is 2.36. The van der Waals surface area contributed by atoms with Gasteiger partial charge in [-0.1, -0.05) is 36.8 Å². The van der Waals surface area contributed by atoms with Crippen LogP contribution in [0, 0.1) is 19.8 Å². The molecule has 46 heavy (non-hydrogen) atoms. The number of piperazine rings is 1. The Morgan fingerprint density at radius 1 is 0.913 bits per heavy atom. The highest BCUT2D eigenvalue weighted by Crippen LogP contribution is 2.32. The molecule has 2 atom stereocenters. The summed E-state index contributed by atoms with van der Waals surface area (Å²) >= 11 is 0. The molecule has 3 aliphatic heterocycles. The first-order chi connectivity index (χ1) is 22.2. The number of benzene rings is 2. The molecule has 3 fully saturated rings. The maximum Gasteiger partial charge on any atom is 0.248 e. The number of likely N-dealkylation sites (tertiary alicyclic amines) is 1. The zero-order valence-corrected chi connectivity index (χ0v) is 29.1. The Kier molecular flexibility index (Phi) is 12.2. The van der Waals surface area contributed by atoms with E-state index in [1.807, 2.05) is 18.7 Å². The van der Waals surface area contributed by atoms with Crippen molar-refractivity contribution < 1.29 is 22.7 Å². The van der Waals surface area contributed by atoms with Crippen molar-refractivity contribution in [3.8, 4) is 5.75 Å². The average Bonchev–Trinajstić information content (AvgIpc) is 3.06. The number of hydrogen-bond donors (Lipinski definition) is 0. The van der Waals surface area contributed by atoms with Gasteiger partial charge in [-0.3, -0.25) is 9.69 Å². The van der Waals surface area contributed by atoms with Crippen LogP contribution in [0.25, 0.3) is 0 Å². The van der Waals surface area contributed by atoms with Gasteiger partial charge in [-0.05, 0) is 94.2 Å². The molecule has 2 aromatic rings. The molecule has 0 spiro atoms. The summed E-state index contributed by atoms with van der Waals surface area (Å²) < 4.78 is 40.7. The third-order valence-corrected chi connectivity index (χ3v) is 12.6. The number of sulfonamides is 1. The molecule has 3 saturated heterocycles. The molecule has 0 aromatic heterocycles. The van der Waals surface area contributed by atoms with Crippen molar-refractivity contribution in [2.75, 3.05) is 73.2 Å². The van der Waals surface area contributed by atoms with Gasteiger partial charge in [0.05, 0.1) is 18.6 Å². The van der Waals surface area contributed by atoms with Crippen molar-refractivity contribution in [3.63, 3.8) is 0 Å². The smallest absolute Gasteiger partial charge is 0.248 e. The Balaban J connectivity index is 1.14. The Morgan fingerprint density at radius 3 is 2.24 bits per heavy atom. The van der Waals surface area contributed by atoms with Crippen molar-refractivity contribution in [2.24, 2.45) is 5.92 Å². The van der Waals surface area contributed by atoms with Gasteiger partial charge < -0.3 is 19.3 Å². The number of carbonyl (C=O) groups is 1. The van der Waals surface area contributed by atoms with Crippen molar-refractivity contribution in [1.29, 1.82) is 0 Å². The second kappa shape index (κ2) is 16.1. The summed E-state index contributed by atoms with van der Waals surface area (Å²) in [7, 11) is 0.0678. The summed E-state index contributed by atoms with van der Waals surface area (Å²) in [6.45, 7) is 10.2. The number of amides is 1. The largest absolute Gasteiger partial charge is 0.497 e. The highest BCUT2D eigenvalue weighted by molar-refractivity contribution is 7.89. The maximum atomic E-state index is 13.9. The van der Waals surface area contributed by atoms with E-state index in [1.165, 1.54) is 5.56 Å². The standard InChI is InChI=1S/C36H54N4O5S/c1-28-24-33(44-4)25-29(2)36(28)46(42,43)40-17-9-8-12-32(40)26-45-27-35(41)39-18-15-31(16-19-39)34(38-22-20-37(3)21-23-38)14-13-30-10-6-5-7-11-30/h5-7,10-11,24-25,31-32,34H,8-9,12-23,26-27H2,1-4H3. The molecule has 10 heteroatoms. The van der Waals surface area contributed by atoms with E-state index >= 15 is 0 Å². The van der Waals surface area contributed by atoms with Crippen molar-refractivity contribution in [1.82, 2.24) is 19.0 Å². The van der Waals surface area contributed by atoms with E-state index in [0.717, 1.165) is 84.2 Å². The summed E-state index contributed by atoms with van der Waals surface area (Å²) in [4.78, 5) is 20.7. The fraction of sp³-hybridized carbons (Fsp3) is 0.639. The lowest BCUT2D eigenvalue weighted by Gasteiger charge is -2.44. The summed E-state index contributed by atoms with van der Waals surface area (Å²) in [5.41, 5.74) is 2.75. The molecular formula is C36H54N4O5S. The fourth-order valence-electron chi connectivity index (χ4n) is 7.75. The van der Waals surface area contributed by atoms with E-state index < -0.39 is 10.0 Å². The third-order valence-electron chi connectivity index (χ3n) is 10.4. The minimum atomic E-state index is -3.72. The third kappa shape index (κ3) is 8.50. The van der Waals surface area contributed by atoms with E-state index in [4.69, 9.17) is 9.47 Å². The van der Waals surface area contributed by atoms with Crippen LogP contribution in [-0.2, 0) is 26.0 Å². The van der Waals surface area contributed by atoms with E-state index in [0.29, 0.717) is 40.3 Å². The van der Waals surface area contributed by atoms with Crippen LogP contribution in [0.4, 0.5) is 0 Å². The van der Waals surface area contributed by atoms with E-state index in [2.05, 4.69) is 47.2 Å². The molecule has 1 amide bonds. The van der Waals surface area contributed by atoms with Gasteiger partial charge in [0.1, 0.15) is 12.4 Å². The van der Waals surface area contributed by atoms with Gasteiger partial charge in [-0.2, -0.15) is 4.31 Å².